The molecule has 0 aliphatic rings. The van der Waals surface area contributed by atoms with Gasteiger partial charge in [0.2, 0.25) is 0 Å². The van der Waals surface area contributed by atoms with Gasteiger partial charge in [0.25, 0.3) is 0 Å². The van der Waals surface area contributed by atoms with E-state index in [1.165, 1.54) is 12.4 Å². The SMILES string of the molecule is CCC(CCO)CNc1ccncc1[N+](=O)[O-]. The second-order valence-electron chi connectivity index (χ2n) is 3.82. The Morgan fingerprint density at radius 3 is 3.00 bits per heavy atom. The van der Waals surface area contributed by atoms with Gasteiger partial charge in [-0.1, -0.05) is 13.3 Å². The van der Waals surface area contributed by atoms with Crippen molar-refractivity contribution in [3.05, 3.63) is 28.6 Å². The third-order valence-electron chi connectivity index (χ3n) is 2.69. The van der Waals surface area contributed by atoms with Crippen molar-refractivity contribution in [2.75, 3.05) is 18.5 Å². The first-order valence-electron chi connectivity index (χ1n) is 5.62. The summed E-state index contributed by atoms with van der Waals surface area (Å²) in [6.07, 6.45) is 4.37. The van der Waals surface area contributed by atoms with E-state index < -0.39 is 4.92 Å². The Morgan fingerprint density at radius 1 is 1.65 bits per heavy atom. The van der Waals surface area contributed by atoms with Gasteiger partial charge in [-0.3, -0.25) is 15.1 Å². The van der Waals surface area contributed by atoms with Crippen LogP contribution in [0.25, 0.3) is 0 Å². The number of nitrogens with zero attached hydrogens (tertiary/aromatic N) is 2. The molecule has 0 bridgehead atoms. The van der Waals surface area contributed by atoms with Crippen LogP contribution in [0, 0.1) is 16.0 Å². The number of nitro groups is 1. The van der Waals surface area contributed by atoms with Crippen molar-refractivity contribution in [1.82, 2.24) is 4.98 Å². The summed E-state index contributed by atoms with van der Waals surface area (Å²) in [5.74, 6) is 0.313. The van der Waals surface area contributed by atoms with Crippen molar-refractivity contribution < 1.29 is 10.0 Å². The van der Waals surface area contributed by atoms with Gasteiger partial charge in [-0.25, -0.2) is 0 Å². The number of aliphatic hydroxyl groups excluding tert-OH is 1. The third kappa shape index (κ3) is 3.99. The number of nitrogens with one attached hydrogen (secondary N) is 1. The molecule has 1 heterocycles. The van der Waals surface area contributed by atoms with Crippen LogP contribution in [-0.2, 0) is 0 Å². The molecule has 94 valence electrons. The Labute approximate surface area is 99.8 Å². The van der Waals surface area contributed by atoms with Crippen LogP contribution in [0.4, 0.5) is 11.4 Å². The van der Waals surface area contributed by atoms with E-state index in [1.807, 2.05) is 6.92 Å². The maximum atomic E-state index is 10.7. The maximum Gasteiger partial charge on any atom is 0.310 e. The lowest BCUT2D eigenvalue weighted by atomic mass is 10.0. The van der Waals surface area contributed by atoms with Crippen molar-refractivity contribution in [2.24, 2.45) is 5.92 Å². The molecule has 0 saturated heterocycles. The van der Waals surface area contributed by atoms with Gasteiger partial charge in [-0.05, 0) is 18.4 Å². The fourth-order valence-corrected chi connectivity index (χ4v) is 1.57. The highest BCUT2D eigenvalue weighted by molar-refractivity contribution is 5.59. The largest absolute Gasteiger partial charge is 0.396 e. The van der Waals surface area contributed by atoms with Gasteiger partial charge in [0.05, 0.1) is 4.92 Å². The molecular weight excluding hydrogens is 222 g/mol. The number of anilines is 1. The molecule has 0 aromatic carbocycles. The fraction of sp³-hybridized carbons (Fsp3) is 0.545. The lowest BCUT2D eigenvalue weighted by Gasteiger charge is -2.14. The Balaban J connectivity index is 2.65. The summed E-state index contributed by atoms with van der Waals surface area (Å²) in [6, 6.07) is 1.59. The zero-order valence-corrected chi connectivity index (χ0v) is 9.80. The number of aromatic nitrogens is 1. The lowest BCUT2D eigenvalue weighted by molar-refractivity contribution is -0.384. The average Bonchev–Trinajstić information content (AvgIpc) is 2.34. The highest BCUT2D eigenvalue weighted by atomic mass is 16.6. The summed E-state index contributed by atoms with van der Waals surface area (Å²) in [7, 11) is 0. The second kappa shape index (κ2) is 6.80. The first-order valence-corrected chi connectivity index (χ1v) is 5.62. The van der Waals surface area contributed by atoms with E-state index in [2.05, 4.69) is 10.3 Å². The van der Waals surface area contributed by atoms with Crippen molar-refractivity contribution in [1.29, 1.82) is 0 Å². The van der Waals surface area contributed by atoms with Gasteiger partial charge in [0, 0.05) is 19.3 Å². The van der Waals surface area contributed by atoms with Crippen LogP contribution in [-0.4, -0.2) is 28.2 Å². The molecule has 6 nitrogen and oxygen atoms in total. The average molecular weight is 239 g/mol. The van der Waals surface area contributed by atoms with Crippen molar-refractivity contribution in [2.45, 2.75) is 19.8 Å². The Morgan fingerprint density at radius 2 is 2.41 bits per heavy atom. The summed E-state index contributed by atoms with van der Waals surface area (Å²) in [6.45, 7) is 2.78. The van der Waals surface area contributed by atoms with Gasteiger partial charge in [0.15, 0.2) is 0 Å². The summed E-state index contributed by atoms with van der Waals surface area (Å²) in [5.41, 5.74) is 0.452. The van der Waals surface area contributed by atoms with Crippen molar-refractivity contribution in [3.8, 4) is 0 Å². The number of pyridine rings is 1. The number of hydrogen-bond donors (Lipinski definition) is 2. The second-order valence-corrected chi connectivity index (χ2v) is 3.82. The van der Waals surface area contributed by atoms with Crippen LogP contribution in [0.1, 0.15) is 19.8 Å². The summed E-state index contributed by atoms with van der Waals surface area (Å²) in [4.78, 5) is 14.0. The molecule has 0 aliphatic carbocycles. The molecule has 0 saturated carbocycles. The van der Waals surface area contributed by atoms with E-state index in [0.29, 0.717) is 24.6 Å². The van der Waals surface area contributed by atoms with E-state index in [0.717, 1.165) is 6.42 Å². The molecule has 1 rings (SSSR count). The quantitative estimate of drug-likeness (QED) is 0.559. The Bertz CT molecular complexity index is 371. The van der Waals surface area contributed by atoms with Crippen LogP contribution in [0.3, 0.4) is 0 Å². The molecule has 0 spiro atoms. The van der Waals surface area contributed by atoms with Gasteiger partial charge in [-0.2, -0.15) is 0 Å². The van der Waals surface area contributed by atoms with Gasteiger partial charge in [0.1, 0.15) is 11.9 Å². The molecule has 0 radical (unpaired) electrons. The van der Waals surface area contributed by atoms with Crippen LogP contribution in [0.5, 0.6) is 0 Å². The zero-order valence-electron chi connectivity index (χ0n) is 9.80. The first-order chi connectivity index (χ1) is 8.19. The minimum absolute atomic E-state index is 0.0219. The minimum atomic E-state index is -0.456. The molecule has 2 N–H and O–H groups in total. The topological polar surface area (TPSA) is 88.3 Å². The molecule has 1 atom stereocenters. The molecule has 0 amide bonds. The number of hydrogen-bond acceptors (Lipinski definition) is 5. The molecule has 1 aromatic rings. The fourth-order valence-electron chi connectivity index (χ4n) is 1.57. The maximum absolute atomic E-state index is 10.7. The predicted molar refractivity (Wildman–Crippen MR) is 64.9 cm³/mol. The molecule has 1 unspecified atom stereocenters. The van der Waals surface area contributed by atoms with E-state index in [-0.39, 0.29) is 12.3 Å². The zero-order chi connectivity index (χ0) is 12.7. The highest BCUT2D eigenvalue weighted by Gasteiger charge is 2.14. The van der Waals surface area contributed by atoms with E-state index in [4.69, 9.17) is 5.11 Å². The number of rotatable bonds is 7. The van der Waals surface area contributed by atoms with E-state index in [9.17, 15) is 10.1 Å². The molecule has 0 aliphatic heterocycles. The Kier molecular flexibility index (Phi) is 5.35. The minimum Gasteiger partial charge on any atom is -0.396 e. The standard InChI is InChI=1S/C11H17N3O3/c1-2-9(4-6-15)7-13-10-3-5-12-8-11(10)14(16)17/h3,5,8-9,15H,2,4,6-7H2,1H3,(H,12,13). The third-order valence-corrected chi connectivity index (χ3v) is 2.69. The molecule has 6 heteroatoms. The van der Waals surface area contributed by atoms with Crippen LogP contribution in [0.2, 0.25) is 0 Å². The summed E-state index contributed by atoms with van der Waals surface area (Å²) < 4.78 is 0. The van der Waals surface area contributed by atoms with Gasteiger partial charge >= 0.3 is 5.69 Å². The smallest absolute Gasteiger partial charge is 0.310 e. The monoisotopic (exact) mass is 239 g/mol. The van der Waals surface area contributed by atoms with Crippen LogP contribution in [0.15, 0.2) is 18.5 Å². The summed E-state index contributed by atoms with van der Waals surface area (Å²) >= 11 is 0. The van der Waals surface area contributed by atoms with Gasteiger partial charge < -0.3 is 10.4 Å². The Hall–Kier alpha value is -1.69. The van der Waals surface area contributed by atoms with Gasteiger partial charge in [-0.15, -0.1) is 0 Å². The van der Waals surface area contributed by atoms with Crippen molar-refractivity contribution >= 4 is 11.4 Å². The molecule has 17 heavy (non-hydrogen) atoms. The highest BCUT2D eigenvalue weighted by Crippen LogP contribution is 2.22. The predicted octanol–water partition coefficient (Wildman–Crippen LogP) is 1.81. The first kappa shape index (κ1) is 13.4. The van der Waals surface area contributed by atoms with Crippen LogP contribution >= 0.6 is 0 Å². The summed E-state index contributed by atoms with van der Waals surface area (Å²) in [5, 5.41) is 22.6. The number of aliphatic hydroxyl groups is 1. The van der Waals surface area contributed by atoms with Crippen LogP contribution < -0.4 is 5.32 Å². The van der Waals surface area contributed by atoms with E-state index >= 15 is 0 Å². The normalized spacial score (nSPS) is 12.1. The lowest BCUT2D eigenvalue weighted by Crippen LogP contribution is -2.15. The molecular formula is C11H17N3O3. The van der Waals surface area contributed by atoms with E-state index in [1.54, 1.807) is 6.07 Å². The molecule has 1 aromatic heterocycles. The molecule has 0 fully saturated rings. The van der Waals surface area contributed by atoms with Crippen molar-refractivity contribution in [3.63, 3.8) is 0 Å².